The molecule has 0 spiro atoms. The molecule has 6 heteroatoms. The standard InChI is InChI=1S/C16H19N3O3/c20-16(6-5-12-9-18-19-10-12)17-8-7-13-11-21-14-3-1-2-4-15(14)22-13/h1-4,9-10,13H,5-8,11H2,(H,17,20)(H,18,19). The molecular formula is C16H19N3O3. The number of ether oxygens (including phenoxy) is 2. The summed E-state index contributed by atoms with van der Waals surface area (Å²) in [5, 5.41) is 9.50. The van der Waals surface area contributed by atoms with E-state index in [1.165, 1.54) is 0 Å². The van der Waals surface area contributed by atoms with Crippen molar-refractivity contribution in [2.75, 3.05) is 13.2 Å². The van der Waals surface area contributed by atoms with Crippen molar-refractivity contribution in [2.24, 2.45) is 0 Å². The Kier molecular flexibility index (Phi) is 4.58. The van der Waals surface area contributed by atoms with Crippen LogP contribution in [0.5, 0.6) is 11.5 Å². The van der Waals surface area contributed by atoms with Crippen LogP contribution in [0, 0.1) is 0 Å². The first-order valence-corrected chi connectivity index (χ1v) is 7.44. The van der Waals surface area contributed by atoms with E-state index in [1.54, 1.807) is 12.4 Å². The smallest absolute Gasteiger partial charge is 0.220 e. The Balaban J connectivity index is 1.36. The van der Waals surface area contributed by atoms with Crippen molar-refractivity contribution in [3.63, 3.8) is 0 Å². The summed E-state index contributed by atoms with van der Waals surface area (Å²) in [6, 6.07) is 7.62. The molecule has 2 N–H and O–H groups in total. The summed E-state index contributed by atoms with van der Waals surface area (Å²) in [6.07, 6.45) is 5.40. The number of rotatable bonds is 6. The molecule has 2 heterocycles. The van der Waals surface area contributed by atoms with E-state index < -0.39 is 0 Å². The molecule has 3 rings (SSSR count). The van der Waals surface area contributed by atoms with Crippen LogP contribution in [-0.4, -0.2) is 35.4 Å². The molecule has 116 valence electrons. The molecule has 0 aliphatic carbocycles. The molecule has 1 unspecified atom stereocenters. The summed E-state index contributed by atoms with van der Waals surface area (Å²) in [5.41, 5.74) is 1.04. The quantitative estimate of drug-likeness (QED) is 0.851. The van der Waals surface area contributed by atoms with E-state index in [0.29, 0.717) is 26.0 Å². The Morgan fingerprint density at radius 3 is 3.05 bits per heavy atom. The van der Waals surface area contributed by atoms with Gasteiger partial charge in [-0.05, 0) is 24.1 Å². The van der Waals surface area contributed by atoms with Crippen LogP contribution in [-0.2, 0) is 11.2 Å². The number of benzene rings is 1. The van der Waals surface area contributed by atoms with Gasteiger partial charge >= 0.3 is 0 Å². The monoisotopic (exact) mass is 301 g/mol. The number of hydrogen-bond acceptors (Lipinski definition) is 4. The molecule has 2 aromatic rings. The molecule has 22 heavy (non-hydrogen) atoms. The summed E-state index contributed by atoms with van der Waals surface area (Å²) < 4.78 is 11.5. The molecule has 0 bridgehead atoms. The van der Waals surface area contributed by atoms with Crippen LogP contribution in [0.4, 0.5) is 0 Å². The second kappa shape index (κ2) is 6.98. The lowest BCUT2D eigenvalue weighted by molar-refractivity contribution is -0.121. The second-order valence-corrected chi connectivity index (χ2v) is 5.24. The van der Waals surface area contributed by atoms with Crippen molar-refractivity contribution in [2.45, 2.75) is 25.4 Å². The maximum absolute atomic E-state index is 11.8. The molecule has 0 saturated carbocycles. The number of H-pyrrole nitrogens is 1. The number of carbonyl (C=O) groups is 1. The van der Waals surface area contributed by atoms with Crippen molar-refractivity contribution < 1.29 is 14.3 Å². The SMILES string of the molecule is O=C(CCc1cn[nH]c1)NCCC1COc2ccccc2O1. The molecule has 0 saturated heterocycles. The van der Waals surface area contributed by atoms with Gasteiger partial charge in [0, 0.05) is 25.6 Å². The number of amides is 1. The average Bonchev–Trinajstić information content (AvgIpc) is 3.06. The largest absolute Gasteiger partial charge is 0.486 e. The predicted molar refractivity (Wildman–Crippen MR) is 80.9 cm³/mol. The van der Waals surface area contributed by atoms with Gasteiger partial charge in [-0.2, -0.15) is 5.10 Å². The van der Waals surface area contributed by atoms with E-state index in [1.807, 2.05) is 24.3 Å². The number of aromatic nitrogens is 2. The molecule has 0 fully saturated rings. The van der Waals surface area contributed by atoms with E-state index in [0.717, 1.165) is 23.5 Å². The van der Waals surface area contributed by atoms with E-state index >= 15 is 0 Å². The molecule has 1 aromatic carbocycles. The number of hydrogen-bond donors (Lipinski definition) is 2. The average molecular weight is 301 g/mol. The summed E-state index contributed by atoms with van der Waals surface area (Å²) in [7, 11) is 0. The summed E-state index contributed by atoms with van der Waals surface area (Å²) in [4.78, 5) is 11.8. The molecule has 1 aliphatic heterocycles. The molecule has 1 aromatic heterocycles. The van der Waals surface area contributed by atoms with Crippen molar-refractivity contribution >= 4 is 5.91 Å². The number of aromatic amines is 1. The van der Waals surface area contributed by atoms with Crippen LogP contribution in [0.15, 0.2) is 36.7 Å². The second-order valence-electron chi connectivity index (χ2n) is 5.24. The molecular weight excluding hydrogens is 282 g/mol. The third-order valence-corrected chi connectivity index (χ3v) is 3.55. The number of nitrogens with zero attached hydrogens (tertiary/aromatic N) is 1. The minimum atomic E-state index is -0.0240. The van der Waals surface area contributed by atoms with Gasteiger partial charge < -0.3 is 14.8 Å². The minimum absolute atomic E-state index is 0.0240. The van der Waals surface area contributed by atoms with Crippen LogP contribution in [0.1, 0.15) is 18.4 Å². The highest BCUT2D eigenvalue weighted by Crippen LogP contribution is 2.31. The molecule has 0 radical (unpaired) electrons. The third kappa shape index (κ3) is 3.78. The Bertz CT molecular complexity index is 613. The zero-order chi connectivity index (χ0) is 15.2. The molecule has 1 aliphatic rings. The topological polar surface area (TPSA) is 76.2 Å². The lowest BCUT2D eigenvalue weighted by Crippen LogP contribution is -2.34. The van der Waals surface area contributed by atoms with Gasteiger partial charge in [-0.15, -0.1) is 0 Å². The zero-order valence-electron chi connectivity index (χ0n) is 12.2. The van der Waals surface area contributed by atoms with Crippen molar-refractivity contribution in [3.8, 4) is 11.5 Å². The van der Waals surface area contributed by atoms with Crippen molar-refractivity contribution in [1.29, 1.82) is 0 Å². The van der Waals surface area contributed by atoms with Crippen LogP contribution in [0.2, 0.25) is 0 Å². The highest BCUT2D eigenvalue weighted by Gasteiger charge is 2.20. The maximum Gasteiger partial charge on any atom is 0.220 e. The maximum atomic E-state index is 11.8. The molecule has 1 amide bonds. The van der Waals surface area contributed by atoms with Crippen molar-refractivity contribution in [3.05, 3.63) is 42.2 Å². The predicted octanol–water partition coefficient (Wildman–Crippen LogP) is 1.69. The Hall–Kier alpha value is -2.50. The number of para-hydroxylation sites is 2. The number of nitrogens with one attached hydrogen (secondary N) is 2. The van der Waals surface area contributed by atoms with Gasteiger partial charge in [0.25, 0.3) is 0 Å². The fourth-order valence-electron chi connectivity index (χ4n) is 2.34. The summed E-state index contributed by atoms with van der Waals surface area (Å²) in [6.45, 7) is 1.10. The van der Waals surface area contributed by atoms with Gasteiger partial charge in [-0.25, -0.2) is 0 Å². The van der Waals surface area contributed by atoms with Gasteiger partial charge in [0.1, 0.15) is 12.7 Å². The number of carbonyl (C=O) groups excluding carboxylic acids is 1. The summed E-state index contributed by atoms with van der Waals surface area (Å²) >= 11 is 0. The van der Waals surface area contributed by atoms with Gasteiger partial charge in [0.15, 0.2) is 11.5 Å². The van der Waals surface area contributed by atoms with Gasteiger partial charge in [0.05, 0.1) is 6.20 Å². The first-order chi connectivity index (χ1) is 10.8. The number of aryl methyl sites for hydroxylation is 1. The van der Waals surface area contributed by atoms with Gasteiger partial charge in [0.2, 0.25) is 5.91 Å². The highest BCUT2D eigenvalue weighted by molar-refractivity contribution is 5.76. The first kappa shape index (κ1) is 14.4. The van der Waals surface area contributed by atoms with Crippen LogP contribution < -0.4 is 14.8 Å². The Morgan fingerprint density at radius 2 is 2.23 bits per heavy atom. The fraction of sp³-hybridized carbons (Fsp3) is 0.375. The minimum Gasteiger partial charge on any atom is -0.486 e. The van der Waals surface area contributed by atoms with Crippen LogP contribution in [0.25, 0.3) is 0 Å². The van der Waals surface area contributed by atoms with Crippen molar-refractivity contribution in [1.82, 2.24) is 15.5 Å². The Morgan fingerprint density at radius 1 is 1.36 bits per heavy atom. The van der Waals surface area contributed by atoms with E-state index in [9.17, 15) is 4.79 Å². The molecule has 1 atom stereocenters. The van der Waals surface area contributed by atoms with Crippen LogP contribution in [0.3, 0.4) is 0 Å². The van der Waals surface area contributed by atoms with E-state index in [4.69, 9.17) is 9.47 Å². The van der Waals surface area contributed by atoms with Gasteiger partial charge in [-0.1, -0.05) is 12.1 Å². The van der Waals surface area contributed by atoms with E-state index in [-0.39, 0.29) is 12.0 Å². The normalized spacial score (nSPS) is 16.3. The Labute approximate surface area is 128 Å². The highest BCUT2D eigenvalue weighted by atomic mass is 16.6. The lowest BCUT2D eigenvalue weighted by Gasteiger charge is -2.26. The zero-order valence-corrected chi connectivity index (χ0v) is 12.2. The summed E-state index contributed by atoms with van der Waals surface area (Å²) in [5.74, 6) is 1.59. The van der Waals surface area contributed by atoms with Crippen LogP contribution >= 0.6 is 0 Å². The lowest BCUT2D eigenvalue weighted by atomic mass is 10.2. The van der Waals surface area contributed by atoms with E-state index in [2.05, 4.69) is 15.5 Å². The number of fused-ring (bicyclic) bond motifs is 1. The molecule has 6 nitrogen and oxygen atoms in total. The first-order valence-electron chi connectivity index (χ1n) is 7.44. The van der Waals surface area contributed by atoms with Gasteiger partial charge in [-0.3, -0.25) is 9.89 Å². The fourth-order valence-corrected chi connectivity index (χ4v) is 2.34. The third-order valence-electron chi connectivity index (χ3n) is 3.55.